The minimum Gasteiger partial charge on any atom is -0.212 e. The van der Waals surface area contributed by atoms with E-state index in [0.29, 0.717) is 0 Å². The van der Waals surface area contributed by atoms with Gasteiger partial charge in [0.2, 0.25) is 0 Å². The lowest BCUT2D eigenvalue weighted by atomic mass is 10.1. The summed E-state index contributed by atoms with van der Waals surface area (Å²) in [7, 11) is 0. The molecule has 0 saturated heterocycles. The van der Waals surface area contributed by atoms with Gasteiger partial charge in [-0.3, -0.25) is 0 Å². The summed E-state index contributed by atoms with van der Waals surface area (Å²) in [5, 5.41) is 0.747. The molecule has 0 aliphatic heterocycles. The van der Waals surface area contributed by atoms with Crippen molar-refractivity contribution in [1.82, 2.24) is 9.36 Å². The molecular formula is C9H6BrClN2S. The molecule has 0 amide bonds. The van der Waals surface area contributed by atoms with E-state index < -0.39 is 0 Å². The van der Waals surface area contributed by atoms with Crippen LogP contribution in [0.3, 0.4) is 0 Å². The lowest BCUT2D eigenvalue weighted by Crippen LogP contribution is -1.89. The number of aromatic nitrogens is 2. The van der Waals surface area contributed by atoms with E-state index in [1.807, 2.05) is 24.3 Å². The van der Waals surface area contributed by atoms with Gasteiger partial charge in [0.1, 0.15) is 5.82 Å². The van der Waals surface area contributed by atoms with Gasteiger partial charge in [0.25, 0.3) is 0 Å². The van der Waals surface area contributed by atoms with Crippen molar-refractivity contribution in [1.29, 1.82) is 0 Å². The molecule has 0 atom stereocenters. The summed E-state index contributed by atoms with van der Waals surface area (Å²) in [6.45, 7) is 0. The highest BCUT2D eigenvalue weighted by Gasteiger charge is 2.02. The second-order valence-corrected chi connectivity index (χ2v) is 5.23. The number of rotatable bonds is 2. The summed E-state index contributed by atoms with van der Waals surface area (Å²) in [6.07, 6.45) is 0.725. The maximum Gasteiger partial charge on any atom is 0.179 e. The molecular weight excluding hydrogens is 284 g/mol. The molecule has 0 N–H and O–H groups in total. The molecule has 1 aromatic heterocycles. The third-order valence-electron chi connectivity index (χ3n) is 1.69. The molecule has 2 aromatic rings. The zero-order valence-corrected chi connectivity index (χ0v) is 10.2. The Balaban J connectivity index is 2.18. The molecule has 0 spiro atoms. The van der Waals surface area contributed by atoms with Gasteiger partial charge in [-0.1, -0.05) is 23.7 Å². The molecule has 2 nitrogen and oxygen atoms in total. The van der Waals surface area contributed by atoms with Gasteiger partial charge in [-0.15, -0.1) is 0 Å². The van der Waals surface area contributed by atoms with Gasteiger partial charge in [-0.2, -0.15) is 4.37 Å². The first-order chi connectivity index (χ1) is 6.74. The van der Waals surface area contributed by atoms with Crippen LogP contribution in [0.5, 0.6) is 0 Å². The molecule has 1 heterocycles. The number of hydrogen-bond acceptors (Lipinski definition) is 3. The van der Waals surface area contributed by atoms with E-state index >= 15 is 0 Å². The SMILES string of the molecule is Clc1cccc(Cc2nsc(Br)n2)c1. The van der Waals surface area contributed by atoms with Crippen molar-refractivity contribution in [2.24, 2.45) is 0 Å². The van der Waals surface area contributed by atoms with Gasteiger partial charge >= 0.3 is 0 Å². The maximum absolute atomic E-state index is 5.87. The Kier molecular flexibility index (Phi) is 3.15. The van der Waals surface area contributed by atoms with E-state index in [1.54, 1.807) is 0 Å². The summed E-state index contributed by atoms with van der Waals surface area (Å²) in [4.78, 5) is 4.22. The first-order valence-electron chi connectivity index (χ1n) is 3.96. The molecule has 72 valence electrons. The lowest BCUT2D eigenvalue weighted by Gasteiger charge is -1.97. The third kappa shape index (κ3) is 2.53. The summed E-state index contributed by atoms with van der Waals surface area (Å²) in [5.74, 6) is 0.823. The van der Waals surface area contributed by atoms with Crippen LogP contribution in [0.25, 0.3) is 0 Å². The molecule has 0 fully saturated rings. The van der Waals surface area contributed by atoms with E-state index in [4.69, 9.17) is 11.6 Å². The molecule has 0 radical (unpaired) electrons. The van der Waals surface area contributed by atoms with Crippen LogP contribution in [0.4, 0.5) is 0 Å². The fraction of sp³-hybridized carbons (Fsp3) is 0.111. The second kappa shape index (κ2) is 4.38. The summed E-state index contributed by atoms with van der Waals surface area (Å²) in [5.41, 5.74) is 1.13. The van der Waals surface area contributed by atoms with E-state index in [-0.39, 0.29) is 0 Å². The van der Waals surface area contributed by atoms with E-state index in [2.05, 4.69) is 25.3 Å². The molecule has 0 bridgehead atoms. The van der Waals surface area contributed by atoms with Gasteiger partial charge in [0.15, 0.2) is 3.92 Å². The first-order valence-corrected chi connectivity index (χ1v) is 5.91. The van der Waals surface area contributed by atoms with Crippen molar-refractivity contribution in [2.75, 3.05) is 0 Å². The quantitative estimate of drug-likeness (QED) is 0.845. The van der Waals surface area contributed by atoms with Crippen LogP contribution >= 0.6 is 39.1 Å². The van der Waals surface area contributed by atoms with Gasteiger partial charge in [0, 0.05) is 11.4 Å². The van der Waals surface area contributed by atoms with Gasteiger partial charge < -0.3 is 0 Å². The van der Waals surface area contributed by atoms with Crippen molar-refractivity contribution < 1.29 is 0 Å². The lowest BCUT2D eigenvalue weighted by molar-refractivity contribution is 1.03. The first kappa shape index (κ1) is 10.1. The average molecular weight is 290 g/mol. The van der Waals surface area contributed by atoms with Crippen LogP contribution < -0.4 is 0 Å². The minimum absolute atomic E-state index is 0.725. The predicted octanol–water partition coefficient (Wildman–Crippen LogP) is 3.54. The standard InChI is InChI=1S/C9H6BrClN2S/c10-9-12-8(13-14-9)5-6-2-1-3-7(11)4-6/h1-4H,5H2. The average Bonchev–Trinajstić information content (AvgIpc) is 2.51. The maximum atomic E-state index is 5.87. The number of halogens is 2. The highest BCUT2D eigenvalue weighted by molar-refractivity contribution is 9.11. The topological polar surface area (TPSA) is 25.8 Å². The Morgan fingerprint density at radius 3 is 2.93 bits per heavy atom. The third-order valence-corrected chi connectivity index (χ3v) is 3.09. The highest BCUT2D eigenvalue weighted by atomic mass is 79.9. The van der Waals surface area contributed by atoms with Crippen LogP contribution in [0.1, 0.15) is 11.4 Å². The molecule has 2 rings (SSSR count). The zero-order chi connectivity index (χ0) is 9.97. The molecule has 1 aromatic carbocycles. The highest BCUT2D eigenvalue weighted by Crippen LogP contribution is 2.16. The van der Waals surface area contributed by atoms with E-state index in [1.165, 1.54) is 11.5 Å². The fourth-order valence-electron chi connectivity index (χ4n) is 1.13. The van der Waals surface area contributed by atoms with Gasteiger partial charge in [-0.25, -0.2) is 4.98 Å². The Hall–Kier alpha value is -0.450. The molecule has 14 heavy (non-hydrogen) atoms. The molecule has 0 aliphatic rings. The van der Waals surface area contributed by atoms with Crippen molar-refractivity contribution in [2.45, 2.75) is 6.42 Å². The molecule has 0 unspecified atom stereocenters. The summed E-state index contributed by atoms with van der Waals surface area (Å²) in [6, 6.07) is 7.73. The van der Waals surface area contributed by atoms with Crippen LogP contribution in [0.2, 0.25) is 5.02 Å². The largest absolute Gasteiger partial charge is 0.212 e. The van der Waals surface area contributed by atoms with Crippen molar-refractivity contribution in [3.8, 4) is 0 Å². The molecule has 5 heteroatoms. The van der Waals surface area contributed by atoms with Gasteiger partial charge in [-0.05, 0) is 45.2 Å². The van der Waals surface area contributed by atoms with Crippen molar-refractivity contribution in [3.05, 3.63) is 44.6 Å². The Bertz CT molecular complexity index is 444. The van der Waals surface area contributed by atoms with Crippen molar-refractivity contribution >= 4 is 39.1 Å². The number of benzene rings is 1. The zero-order valence-electron chi connectivity index (χ0n) is 7.08. The van der Waals surface area contributed by atoms with E-state index in [0.717, 1.165) is 26.7 Å². The Morgan fingerprint density at radius 1 is 1.43 bits per heavy atom. The molecule has 0 aliphatic carbocycles. The Labute approximate surface area is 99.2 Å². The molecule has 0 saturated carbocycles. The smallest absolute Gasteiger partial charge is 0.179 e. The fourth-order valence-corrected chi connectivity index (χ4v) is 2.20. The van der Waals surface area contributed by atoms with E-state index in [9.17, 15) is 0 Å². The van der Waals surface area contributed by atoms with Crippen LogP contribution in [0, 0.1) is 0 Å². The minimum atomic E-state index is 0.725. The van der Waals surface area contributed by atoms with Crippen molar-refractivity contribution in [3.63, 3.8) is 0 Å². The normalized spacial score (nSPS) is 10.4. The van der Waals surface area contributed by atoms with Crippen LogP contribution in [0.15, 0.2) is 28.2 Å². The Morgan fingerprint density at radius 2 is 2.29 bits per heavy atom. The second-order valence-electron chi connectivity index (χ2n) is 2.77. The van der Waals surface area contributed by atoms with Crippen LogP contribution in [-0.4, -0.2) is 9.36 Å². The summed E-state index contributed by atoms with van der Waals surface area (Å²) < 4.78 is 5.00. The van der Waals surface area contributed by atoms with Gasteiger partial charge in [0.05, 0.1) is 0 Å². The number of nitrogens with zero attached hydrogens (tertiary/aromatic N) is 2. The monoisotopic (exact) mass is 288 g/mol. The number of hydrogen-bond donors (Lipinski definition) is 0. The predicted molar refractivity (Wildman–Crippen MR) is 61.9 cm³/mol. The van der Waals surface area contributed by atoms with Crippen LogP contribution in [-0.2, 0) is 6.42 Å². The summed E-state index contributed by atoms with van der Waals surface area (Å²) >= 11 is 10.5.